The summed E-state index contributed by atoms with van der Waals surface area (Å²) in [4.78, 5) is 21.2. The number of amides is 1. The number of hydrogen-bond acceptors (Lipinski definition) is 6. The molecular weight excluding hydrogens is 288 g/mol. The van der Waals surface area contributed by atoms with E-state index in [2.05, 4.69) is 15.2 Å². The number of aromatic nitrogens is 1. The molecule has 0 aromatic carbocycles. The van der Waals surface area contributed by atoms with Gasteiger partial charge in [0.15, 0.2) is 0 Å². The molecule has 2 aliphatic rings. The van der Waals surface area contributed by atoms with Gasteiger partial charge < -0.3 is 15.0 Å². The zero-order valence-electron chi connectivity index (χ0n) is 12.2. The first kappa shape index (κ1) is 14.9. The number of rotatable bonds is 3. The zero-order valence-corrected chi connectivity index (χ0v) is 13.0. The van der Waals surface area contributed by atoms with Crippen molar-refractivity contribution in [3.8, 4) is 0 Å². The van der Waals surface area contributed by atoms with Gasteiger partial charge in [-0.15, -0.1) is 11.3 Å². The van der Waals surface area contributed by atoms with E-state index in [4.69, 9.17) is 4.74 Å². The van der Waals surface area contributed by atoms with Crippen LogP contribution < -0.4 is 5.32 Å². The molecule has 0 aliphatic carbocycles. The number of morpholine rings is 1. The van der Waals surface area contributed by atoms with Gasteiger partial charge in [0.1, 0.15) is 10.7 Å². The summed E-state index contributed by atoms with van der Waals surface area (Å²) in [7, 11) is 0. The van der Waals surface area contributed by atoms with Gasteiger partial charge in [0.2, 0.25) is 0 Å². The maximum absolute atomic E-state index is 12.5. The minimum Gasteiger partial charge on any atom is -0.379 e. The molecule has 1 aromatic rings. The lowest BCUT2D eigenvalue weighted by Crippen LogP contribution is -2.36. The van der Waals surface area contributed by atoms with Gasteiger partial charge in [-0.1, -0.05) is 0 Å². The molecule has 3 heterocycles. The standard InChI is InChI=1S/C14H22N4O2S/c19-14(18-4-1-2-15-3-5-18)12-11-21-13(16-12)10-17-6-8-20-9-7-17/h11,15H,1-10H2. The first-order valence-corrected chi connectivity index (χ1v) is 8.45. The summed E-state index contributed by atoms with van der Waals surface area (Å²) < 4.78 is 5.35. The molecule has 1 amide bonds. The predicted molar refractivity (Wildman–Crippen MR) is 81.6 cm³/mol. The van der Waals surface area contributed by atoms with Crippen LogP contribution in [-0.2, 0) is 11.3 Å². The van der Waals surface area contributed by atoms with Crippen molar-refractivity contribution in [2.75, 3.05) is 52.5 Å². The van der Waals surface area contributed by atoms with Crippen LogP contribution in [0.3, 0.4) is 0 Å². The summed E-state index contributed by atoms with van der Waals surface area (Å²) in [5.74, 6) is 0.0724. The molecular formula is C14H22N4O2S. The molecule has 6 nitrogen and oxygen atoms in total. The second-order valence-corrected chi connectivity index (χ2v) is 6.35. The quantitative estimate of drug-likeness (QED) is 0.876. The maximum atomic E-state index is 12.5. The van der Waals surface area contributed by atoms with E-state index in [0.29, 0.717) is 5.69 Å². The lowest BCUT2D eigenvalue weighted by molar-refractivity contribution is 0.0341. The Kier molecular flexibility index (Phi) is 5.18. The minimum atomic E-state index is 0.0724. The van der Waals surface area contributed by atoms with Gasteiger partial charge >= 0.3 is 0 Å². The Balaban J connectivity index is 1.59. The summed E-state index contributed by atoms with van der Waals surface area (Å²) in [6.45, 7) is 7.75. The fourth-order valence-corrected chi connectivity index (χ4v) is 3.45. The van der Waals surface area contributed by atoms with E-state index in [1.807, 2.05) is 10.3 Å². The first-order chi connectivity index (χ1) is 10.3. The van der Waals surface area contributed by atoms with Gasteiger partial charge in [-0.05, 0) is 13.0 Å². The van der Waals surface area contributed by atoms with E-state index in [-0.39, 0.29) is 5.91 Å². The Morgan fingerprint density at radius 1 is 1.29 bits per heavy atom. The lowest BCUT2D eigenvalue weighted by atomic mass is 10.3. The number of ether oxygens (including phenoxy) is 1. The van der Waals surface area contributed by atoms with Crippen molar-refractivity contribution in [2.45, 2.75) is 13.0 Å². The molecule has 3 rings (SSSR count). The van der Waals surface area contributed by atoms with Crippen molar-refractivity contribution >= 4 is 17.2 Å². The highest BCUT2D eigenvalue weighted by molar-refractivity contribution is 7.09. The molecule has 2 saturated heterocycles. The maximum Gasteiger partial charge on any atom is 0.273 e. The Hall–Kier alpha value is -1.02. The van der Waals surface area contributed by atoms with Gasteiger partial charge in [0.25, 0.3) is 5.91 Å². The predicted octanol–water partition coefficient (Wildman–Crippen LogP) is 0.411. The third-order valence-electron chi connectivity index (χ3n) is 3.86. The molecule has 0 radical (unpaired) electrons. The third kappa shape index (κ3) is 4.00. The molecule has 0 spiro atoms. The van der Waals surface area contributed by atoms with Crippen LogP contribution in [0.25, 0.3) is 0 Å². The van der Waals surface area contributed by atoms with Crippen molar-refractivity contribution in [1.29, 1.82) is 0 Å². The van der Waals surface area contributed by atoms with E-state index in [1.165, 1.54) is 0 Å². The number of carbonyl (C=O) groups excluding carboxylic acids is 1. The van der Waals surface area contributed by atoms with Crippen molar-refractivity contribution in [3.05, 3.63) is 16.1 Å². The normalized spacial score (nSPS) is 21.2. The monoisotopic (exact) mass is 310 g/mol. The van der Waals surface area contributed by atoms with Crippen LogP contribution in [-0.4, -0.2) is 73.2 Å². The average molecular weight is 310 g/mol. The average Bonchev–Trinajstić information content (AvgIpc) is 2.81. The number of nitrogens with one attached hydrogen (secondary N) is 1. The summed E-state index contributed by atoms with van der Waals surface area (Å²) in [5.41, 5.74) is 0.602. The first-order valence-electron chi connectivity index (χ1n) is 7.57. The van der Waals surface area contributed by atoms with Crippen molar-refractivity contribution in [2.24, 2.45) is 0 Å². The summed E-state index contributed by atoms with van der Waals surface area (Å²) in [5, 5.41) is 6.23. The molecule has 2 fully saturated rings. The molecule has 1 aromatic heterocycles. The lowest BCUT2D eigenvalue weighted by Gasteiger charge is -2.25. The van der Waals surface area contributed by atoms with E-state index >= 15 is 0 Å². The van der Waals surface area contributed by atoms with E-state index in [1.54, 1.807) is 11.3 Å². The summed E-state index contributed by atoms with van der Waals surface area (Å²) in [6.07, 6.45) is 1.01. The topological polar surface area (TPSA) is 57.7 Å². The number of hydrogen-bond donors (Lipinski definition) is 1. The molecule has 0 unspecified atom stereocenters. The van der Waals surface area contributed by atoms with E-state index < -0.39 is 0 Å². The van der Waals surface area contributed by atoms with Crippen molar-refractivity contribution < 1.29 is 9.53 Å². The molecule has 21 heavy (non-hydrogen) atoms. The van der Waals surface area contributed by atoms with Crippen LogP contribution in [0, 0.1) is 0 Å². The second-order valence-electron chi connectivity index (χ2n) is 5.41. The third-order valence-corrected chi connectivity index (χ3v) is 4.69. The Morgan fingerprint density at radius 2 is 2.14 bits per heavy atom. The Labute approximate surface area is 129 Å². The van der Waals surface area contributed by atoms with Crippen LogP contribution in [0.5, 0.6) is 0 Å². The van der Waals surface area contributed by atoms with Gasteiger partial charge in [-0.3, -0.25) is 9.69 Å². The summed E-state index contributed by atoms with van der Waals surface area (Å²) >= 11 is 1.58. The largest absolute Gasteiger partial charge is 0.379 e. The Morgan fingerprint density at radius 3 is 3.00 bits per heavy atom. The molecule has 0 saturated carbocycles. The molecule has 0 atom stereocenters. The SMILES string of the molecule is O=C(c1csc(CN2CCOCC2)n1)N1CCCNCC1. The Bertz CT molecular complexity index is 465. The molecule has 1 N–H and O–H groups in total. The van der Waals surface area contributed by atoms with Crippen LogP contribution >= 0.6 is 11.3 Å². The molecule has 0 bridgehead atoms. The highest BCUT2D eigenvalue weighted by Gasteiger charge is 2.20. The van der Waals surface area contributed by atoms with Gasteiger partial charge in [-0.2, -0.15) is 0 Å². The van der Waals surface area contributed by atoms with Gasteiger partial charge in [0.05, 0.1) is 19.8 Å². The van der Waals surface area contributed by atoms with Gasteiger partial charge in [-0.25, -0.2) is 4.98 Å². The van der Waals surface area contributed by atoms with Crippen LogP contribution in [0.15, 0.2) is 5.38 Å². The van der Waals surface area contributed by atoms with E-state index in [0.717, 1.165) is 70.5 Å². The second kappa shape index (κ2) is 7.31. The van der Waals surface area contributed by atoms with Crippen molar-refractivity contribution in [1.82, 2.24) is 20.1 Å². The number of thiazole rings is 1. The number of carbonyl (C=O) groups is 1. The molecule has 7 heteroatoms. The van der Waals surface area contributed by atoms with Gasteiger partial charge in [0, 0.05) is 38.1 Å². The van der Waals surface area contributed by atoms with Crippen LogP contribution in [0.4, 0.5) is 0 Å². The van der Waals surface area contributed by atoms with Crippen LogP contribution in [0.2, 0.25) is 0 Å². The summed E-state index contributed by atoms with van der Waals surface area (Å²) in [6, 6.07) is 0. The van der Waals surface area contributed by atoms with Crippen LogP contribution in [0.1, 0.15) is 21.9 Å². The highest BCUT2D eigenvalue weighted by Crippen LogP contribution is 2.15. The number of nitrogens with zero attached hydrogens (tertiary/aromatic N) is 3. The smallest absolute Gasteiger partial charge is 0.273 e. The molecule has 116 valence electrons. The minimum absolute atomic E-state index is 0.0724. The van der Waals surface area contributed by atoms with Crippen molar-refractivity contribution in [3.63, 3.8) is 0 Å². The zero-order chi connectivity index (χ0) is 14.5. The van der Waals surface area contributed by atoms with E-state index in [9.17, 15) is 4.79 Å². The molecule has 2 aliphatic heterocycles. The highest BCUT2D eigenvalue weighted by atomic mass is 32.1. The fourth-order valence-electron chi connectivity index (χ4n) is 2.64. The fraction of sp³-hybridized carbons (Fsp3) is 0.714.